The number of rotatable bonds is 12. The molecule has 0 aromatic carbocycles. The maximum absolute atomic E-state index is 5.39. The van der Waals surface area contributed by atoms with Crippen molar-refractivity contribution in [3.05, 3.63) is 0 Å². The highest BCUT2D eigenvalue weighted by atomic mass is 16.5. The minimum Gasteiger partial charge on any atom is -0.382 e. The van der Waals surface area contributed by atoms with Crippen LogP contribution in [0.2, 0.25) is 0 Å². The SMILES string of the molecule is COCCOCCCCCCNCC(C)C. The lowest BCUT2D eigenvalue weighted by atomic mass is 10.2. The molecular weight excluding hydrogens is 202 g/mol. The number of ether oxygens (including phenoxy) is 2. The summed E-state index contributed by atoms with van der Waals surface area (Å²) in [6.07, 6.45) is 5.04. The third-order valence-corrected chi connectivity index (χ3v) is 2.38. The molecule has 16 heavy (non-hydrogen) atoms. The van der Waals surface area contributed by atoms with E-state index >= 15 is 0 Å². The summed E-state index contributed by atoms with van der Waals surface area (Å²) in [5, 5.41) is 3.46. The fourth-order valence-corrected chi connectivity index (χ4v) is 1.44. The zero-order valence-electron chi connectivity index (χ0n) is 11.3. The minimum atomic E-state index is 0.707. The number of nitrogens with one attached hydrogen (secondary N) is 1. The Morgan fingerprint density at radius 1 is 0.938 bits per heavy atom. The first-order chi connectivity index (χ1) is 7.77. The van der Waals surface area contributed by atoms with Gasteiger partial charge in [-0.1, -0.05) is 26.7 Å². The molecule has 0 heterocycles. The summed E-state index contributed by atoms with van der Waals surface area (Å²) >= 11 is 0. The molecule has 0 aliphatic heterocycles. The van der Waals surface area contributed by atoms with Crippen LogP contribution in [0.25, 0.3) is 0 Å². The topological polar surface area (TPSA) is 30.5 Å². The zero-order chi connectivity index (χ0) is 12.1. The minimum absolute atomic E-state index is 0.707. The molecular formula is C13H29NO2. The third-order valence-electron chi connectivity index (χ3n) is 2.38. The second-order valence-corrected chi connectivity index (χ2v) is 4.62. The van der Waals surface area contributed by atoms with Gasteiger partial charge in [-0.15, -0.1) is 0 Å². The molecule has 0 saturated heterocycles. The van der Waals surface area contributed by atoms with E-state index in [0.29, 0.717) is 6.61 Å². The van der Waals surface area contributed by atoms with Crippen molar-refractivity contribution >= 4 is 0 Å². The van der Waals surface area contributed by atoms with Gasteiger partial charge in [-0.25, -0.2) is 0 Å². The lowest BCUT2D eigenvalue weighted by Crippen LogP contribution is -2.20. The molecule has 0 aromatic rings. The van der Waals surface area contributed by atoms with Crippen LogP contribution in [0.15, 0.2) is 0 Å². The Kier molecular flexibility index (Phi) is 12.9. The van der Waals surface area contributed by atoms with E-state index in [9.17, 15) is 0 Å². The van der Waals surface area contributed by atoms with Crippen LogP contribution in [0, 0.1) is 5.92 Å². The molecule has 0 radical (unpaired) electrons. The van der Waals surface area contributed by atoms with Gasteiger partial charge in [0.15, 0.2) is 0 Å². The highest BCUT2D eigenvalue weighted by Gasteiger charge is 1.93. The number of hydrogen-bond donors (Lipinski definition) is 1. The molecule has 0 spiro atoms. The standard InChI is InChI=1S/C13H29NO2/c1-13(2)12-14-8-6-4-5-7-9-16-11-10-15-3/h13-14H,4-12H2,1-3H3. The maximum atomic E-state index is 5.39. The van der Waals surface area contributed by atoms with E-state index in [2.05, 4.69) is 19.2 Å². The van der Waals surface area contributed by atoms with Gasteiger partial charge < -0.3 is 14.8 Å². The van der Waals surface area contributed by atoms with Crippen LogP contribution in [-0.2, 0) is 9.47 Å². The summed E-state index contributed by atoms with van der Waals surface area (Å²) in [4.78, 5) is 0. The summed E-state index contributed by atoms with van der Waals surface area (Å²) < 4.78 is 10.3. The smallest absolute Gasteiger partial charge is 0.0700 e. The van der Waals surface area contributed by atoms with Gasteiger partial charge in [0, 0.05) is 13.7 Å². The molecule has 0 aliphatic carbocycles. The van der Waals surface area contributed by atoms with Gasteiger partial charge in [-0.3, -0.25) is 0 Å². The van der Waals surface area contributed by atoms with E-state index in [0.717, 1.165) is 32.2 Å². The molecule has 0 saturated carbocycles. The summed E-state index contributed by atoms with van der Waals surface area (Å²) in [6, 6.07) is 0. The molecule has 0 amide bonds. The van der Waals surface area contributed by atoms with Crippen LogP contribution in [0.4, 0.5) is 0 Å². The molecule has 0 aliphatic rings. The Bertz CT molecular complexity index is 129. The Labute approximate surface area is 101 Å². The second-order valence-electron chi connectivity index (χ2n) is 4.62. The Hall–Kier alpha value is -0.120. The van der Waals surface area contributed by atoms with E-state index in [4.69, 9.17) is 9.47 Å². The molecule has 0 aromatic heterocycles. The molecule has 1 N–H and O–H groups in total. The predicted octanol–water partition coefficient (Wildman–Crippen LogP) is 2.46. The molecule has 98 valence electrons. The summed E-state index contributed by atoms with van der Waals surface area (Å²) in [6.45, 7) is 9.09. The van der Waals surface area contributed by atoms with Crippen molar-refractivity contribution in [1.29, 1.82) is 0 Å². The normalized spacial score (nSPS) is 11.2. The average Bonchev–Trinajstić information content (AvgIpc) is 2.25. The third kappa shape index (κ3) is 13.9. The Morgan fingerprint density at radius 2 is 1.69 bits per heavy atom. The van der Waals surface area contributed by atoms with E-state index in [1.54, 1.807) is 7.11 Å². The van der Waals surface area contributed by atoms with Gasteiger partial charge in [0.1, 0.15) is 0 Å². The average molecular weight is 231 g/mol. The van der Waals surface area contributed by atoms with Crippen LogP contribution < -0.4 is 5.32 Å². The van der Waals surface area contributed by atoms with Gasteiger partial charge in [-0.2, -0.15) is 0 Å². The van der Waals surface area contributed by atoms with Gasteiger partial charge in [0.25, 0.3) is 0 Å². The first-order valence-corrected chi connectivity index (χ1v) is 6.54. The van der Waals surface area contributed by atoms with E-state index in [1.165, 1.54) is 25.7 Å². The Morgan fingerprint density at radius 3 is 2.38 bits per heavy atom. The van der Waals surface area contributed by atoms with Crippen LogP contribution in [0.3, 0.4) is 0 Å². The van der Waals surface area contributed by atoms with Crippen LogP contribution in [0.1, 0.15) is 39.5 Å². The lowest BCUT2D eigenvalue weighted by molar-refractivity contribution is 0.0686. The number of unbranched alkanes of at least 4 members (excludes halogenated alkanes) is 3. The summed E-state index contributed by atoms with van der Waals surface area (Å²) in [7, 11) is 1.70. The fraction of sp³-hybridized carbons (Fsp3) is 1.00. The first kappa shape index (κ1) is 15.9. The van der Waals surface area contributed by atoms with Crippen LogP contribution in [0.5, 0.6) is 0 Å². The van der Waals surface area contributed by atoms with Crippen molar-refractivity contribution in [2.24, 2.45) is 5.92 Å². The van der Waals surface area contributed by atoms with Gasteiger partial charge in [-0.05, 0) is 31.8 Å². The van der Waals surface area contributed by atoms with E-state index in [-0.39, 0.29) is 0 Å². The van der Waals surface area contributed by atoms with Crippen LogP contribution in [-0.4, -0.2) is 40.0 Å². The van der Waals surface area contributed by atoms with Gasteiger partial charge in [0.2, 0.25) is 0 Å². The second kappa shape index (κ2) is 12.9. The van der Waals surface area contributed by atoms with Gasteiger partial charge >= 0.3 is 0 Å². The van der Waals surface area contributed by atoms with E-state index in [1.807, 2.05) is 0 Å². The molecule has 0 atom stereocenters. The Balaban J connectivity index is 2.88. The number of hydrogen-bond acceptors (Lipinski definition) is 3. The predicted molar refractivity (Wildman–Crippen MR) is 68.9 cm³/mol. The quantitative estimate of drug-likeness (QED) is 0.523. The molecule has 3 heteroatoms. The first-order valence-electron chi connectivity index (χ1n) is 6.54. The molecule has 0 rings (SSSR count). The summed E-state index contributed by atoms with van der Waals surface area (Å²) in [5.74, 6) is 0.759. The van der Waals surface area contributed by atoms with E-state index < -0.39 is 0 Å². The van der Waals surface area contributed by atoms with Crippen molar-refractivity contribution in [2.75, 3.05) is 40.0 Å². The van der Waals surface area contributed by atoms with Gasteiger partial charge in [0.05, 0.1) is 13.2 Å². The monoisotopic (exact) mass is 231 g/mol. The molecule has 0 unspecified atom stereocenters. The molecule has 0 bridgehead atoms. The highest BCUT2D eigenvalue weighted by Crippen LogP contribution is 1.99. The van der Waals surface area contributed by atoms with Crippen molar-refractivity contribution in [3.63, 3.8) is 0 Å². The number of methoxy groups -OCH3 is 1. The highest BCUT2D eigenvalue weighted by molar-refractivity contribution is 4.52. The maximum Gasteiger partial charge on any atom is 0.0700 e. The van der Waals surface area contributed by atoms with Crippen LogP contribution >= 0.6 is 0 Å². The molecule has 3 nitrogen and oxygen atoms in total. The lowest BCUT2D eigenvalue weighted by Gasteiger charge is -2.07. The van der Waals surface area contributed by atoms with Crippen molar-refractivity contribution < 1.29 is 9.47 Å². The largest absolute Gasteiger partial charge is 0.382 e. The summed E-state index contributed by atoms with van der Waals surface area (Å²) in [5.41, 5.74) is 0. The molecule has 0 fully saturated rings. The van der Waals surface area contributed by atoms with Crippen molar-refractivity contribution in [2.45, 2.75) is 39.5 Å². The zero-order valence-corrected chi connectivity index (χ0v) is 11.3. The fourth-order valence-electron chi connectivity index (χ4n) is 1.44. The van der Waals surface area contributed by atoms with Crippen molar-refractivity contribution in [1.82, 2.24) is 5.32 Å². The van der Waals surface area contributed by atoms with Crippen molar-refractivity contribution in [3.8, 4) is 0 Å².